The van der Waals surface area contributed by atoms with E-state index in [1.54, 1.807) is 6.07 Å². The number of benzene rings is 3. The van der Waals surface area contributed by atoms with E-state index in [1.807, 2.05) is 68.4 Å². The molecular weight excluding hydrogens is 368 g/mol. The van der Waals surface area contributed by atoms with Crippen molar-refractivity contribution in [1.82, 2.24) is 5.32 Å². The van der Waals surface area contributed by atoms with Crippen LogP contribution < -0.4 is 10.6 Å². The number of amides is 3. The van der Waals surface area contributed by atoms with Crippen molar-refractivity contribution in [2.75, 3.05) is 11.9 Å². The maximum atomic E-state index is 12.1. The van der Waals surface area contributed by atoms with E-state index in [0.717, 1.165) is 27.5 Å². The molecule has 148 valence electrons. The van der Waals surface area contributed by atoms with Crippen molar-refractivity contribution in [3.63, 3.8) is 0 Å². The molecule has 6 heteroatoms. The van der Waals surface area contributed by atoms with Crippen molar-refractivity contribution >= 4 is 34.4 Å². The van der Waals surface area contributed by atoms with Crippen LogP contribution in [-0.2, 0) is 20.7 Å². The number of rotatable bonds is 5. The zero-order valence-electron chi connectivity index (χ0n) is 16.3. The fourth-order valence-electron chi connectivity index (χ4n) is 3.07. The lowest BCUT2D eigenvalue weighted by Gasteiger charge is -2.10. The number of carbonyl (C=O) groups excluding carboxylic acids is 3. The predicted octanol–water partition coefficient (Wildman–Crippen LogP) is 3.89. The summed E-state index contributed by atoms with van der Waals surface area (Å²) in [4.78, 5) is 36.0. The summed E-state index contributed by atoms with van der Waals surface area (Å²) in [6.07, 6.45) is 0.0450. The lowest BCUT2D eigenvalue weighted by molar-refractivity contribution is -0.147. The highest BCUT2D eigenvalue weighted by Crippen LogP contribution is 2.19. The third kappa shape index (κ3) is 5.42. The van der Waals surface area contributed by atoms with Gasteiger partial charge in [-0.1, -0.05) is 60.2 Å². The molecule has 0 heterocycles. The molecule has 0 bridgehead atoms. The second-order valence-electron chi connectivity index (χ2n) is 6.80. The smallest absolute Gasteiger partial charge is 0.325 e. The van der Waals surface area contributed by atoms with Crippen molar-refractivity contribution in [3.05, 3.63) is 77.4 Å². The van der Waals surface area contributed by atoms with Crippen molar-refractivity contribution in [1.29, 1.82) is 0 Å². The number of ether oxygens (including phenoxy) is 1. The van der Waals surface area contributed by atoms with E-state index in [0.29, 0.717) is 5.69 Å². The number of nitrogens with one attached hydrogen (secondary N) is 2. The van der Waals surface area contributed by atoms with Gasteiger partial charge in [-0.25, -0.2) is 4.79 Å². The van der Waals surface area contributed by atoms with E-state index in [9.17, 15) is 14.4 Å². The summed E-state index contributed by atoms with van der Waals surface area (Å²) in [6, 6.07) is 18.3. The molecule has 3 aromatic carbocycles. The summed E-state index contributed by atoms with van der Waals surface area (Å²) in [5, 5.41) is 6.75. The molecule has 2 N–H and O–H groups in total. The molecule has 0 radical (unpaired) electrons. The standard InChI is InChI=1S/C23H22N2O4/c1-15-10-11-20(16(2)12-15)24-23(28)25-21(26)14-29-22(27)13-18-8-5-7-17-6-3-4-9-19(17)18/h3-12H,13-14H2,1-2H3,(H2,24,25,26,28). The van der Waals surface area contributed by atoms with Gasteiger partial charge in [-0.2, -0.15) is 0 Å². The molecule has 0 spiro atoms. The van der Waals surface area contributed by atoms with Crippen LogP contribution in [0.25, 0.3) is 10.8 Å². The van der Waals surface area contributed by atoms with Gasteiger partial charge in [-0.15, -0.1) is 0 Å². The molecule has 0 saturated carbocycles. The van der Waals surface area contributed by atoms with Crippen LogP contribution in [0.4, 0.5) is 10.5 Å². The number of urea groups is 1. The molecule has 0 aliphatic heterocycles. The van der Waals surface area contributed by atoms with Gasteiger partial charge in [0, 0.05) is 5.69 Å². The molecule has 29 heavy (non-hydrogen) atoms. The minimum Gasteiger partial charge on any atom is -0.455 e. The SMILES string of the molecule is Cc1ccc(NC(=O)NC(=O)COC(=O)Cc2cccc3ccccc23)c(C)c1. The molecule has 0 atom stereocenters. The summed E-state index contributed by atoms with van der Waals surface area (Å²) in [5.74, 6) is -1.23. The summed E-state index contributed by atoms with van der Waals surface area (Å²) >= 11 is 0. The van der Waals surface area contributed by atoms with Gasteiger partial charge in [0.15, 0.2) is 6.61 Å². The number of hydrogen-bond donors (Lipinski definition) is 2. The van der Waals surface area contributed by atoms with Gasteiger partial charge in [-0.3, -0.25) is 14.9 Å². The number of hydrogen-bond acceptors (Lipinski definition) is 4. The van der Waals surface area contributed by atoms with Crippen LogP contribution in [0.1, 0.15) is 16.7 Å². The second-order valence-corrected chi connectivity index (χ2v) is 6.80. The van der Waals surface area contributed by atoms with E-state index < -0.39 is 24.5 Å². The highest BCUT2D eigenvalue weighted by Gasteiger charge is 2.13. The number of carbonyl (C=O) groups is 3. The van der Waals surface area contributed by atoms with E-state index >= 15 is 0 Å². The molecule has 6 nitrogen and oxygen atoms in total. The summed E-state index contributed by atoms with van der Waals surface area (Å²) in [6.45, 7) is 3.29. The monoisotopic (exact) mass is 390 g/mol. The van der Waals surface area contributed by atoms with Gasteiger partial charge < -0.3 is 10.1 Å². The Bertz CT molecular complexity index is 1070. The van der Waals surface area contributed by atoms with E-state index in [-0.39, 0.29) is 6.42 Å². The quantitative estimate of drug-likeness (QED) is 0.648. The molecule has 3 amide bonds. The summed E-state index contributed by atoms with van der Waals surface area (Å²) < 4.78 is 5.02. The first-order valence-electron chi connectivity index (χ1n) is 9.23. The third-order valence-corrected chi connectivity index (χ3v) is 4.46. The first-order valence-corrected chi connectivity index (χ1v) is 9.23. The van der Waals surface area contributed by atoms with Gasteiger partial charge in [-0.05, 0) is 41.8 Å². The lowest BCUT2D eigenvalue weighted by Crippen LogP contribution is -2.37. The predicted molar refractivity (Wildman–Crippen MR) is 112 cm³/mol. The second kappa shape index (κ2) is 9.01. The molecule has 3 rings (SSSR count). The fourth-order valence-corrected chi connectivity index (χ4v) is 3.07. The van der Waals surface area contributed by atoms with Crippen LogP contribution in [0.3, 0.4) is 0 Å². The maximum absolute atomic E-state index is 12.1. The molecule has 0 aliphatic rings. The van der Waals surface area contributed by atoms with Gasteiger partial charge in [0.05, 0.1) is 6.42 Å². The Morgan fingerprint density at radius 2 is 1.69 bits per heavy atom. The van der Waals surface area contributed by atoms with E-state index in [2.05, 4.69) is 10.6 Å². The van der Waals surface area contributed by atoms with Crippen molar-refractivity contribution in [2.24, 2.45) is 0 Å². The van der Waals surface area contributed by atoms with E-state index in [4.69, 9.17) is 4.74 Å². The molecule has 0 fully saturated rings. The summed E-state index contributed by atoms with van der Waals surface area (Å²) in [7, 11) is 0. The zero-order chi connectivity index (χ0) is 20.8. The molecule has 0 saturated heterocycles. The van der Waals surface area contributed by atoms with E-state index in [1.165, 1.54) is 0 Å². The fraction of sp³-hybridized carbons (Fsp3) is 0.174. The Hall–Kier alpha value is -3.67. The highest BCUT2D eigenvalue weighted by atomic mass is 16.5. The average Bonchev–Trinajstić information content (AvgIpc) is 2.69. The maximum Gasteiger partial charge on any atom is 0.325 e. The van der Waals surface area contributed by atoms with Crippen LogP contribution in [0.5, 0.6) is 0 Å². The van der Waals surface area contributed by atoms with Crippen LogP contribution in [0.2, 0.25) is 0 Å². The number of imide groups is 1. The Labute approximate surface area is 168 Å². The molecule has 3 aromatic rings. The Morgan fingerprint density at radius 1 is 0.931 bits per heavy atom. The third-order valence-electron chi connectivity index (χ3n) is 4.46. The highest BCUT2D eigenvalue weighted by molar-refractivity contribution is 6.02. The van der Waals surface area contributed by atoms with Gasteiger partial charge in [0.25, 0.3) is 5.91 Å². The minimum atomic E-state index is -0.696. The first-order chi connectivity index (χ1) is 13.9. The Morgan fingerprint density at radius 3 is 2.48 bits per heavy atom. The minimum absolute atomic E-state index is 0.0450. The molecule has 0 unspecified atom stereocenters. The number of fused-ring (bicyclic) bond motifs is 1. The average molecular weight is 390 g/mol. The van der Waals surface area contributed by atoms with Gasteiger partial charge >= 0.3 is 12.0 Å². The van der Waals surface area contributed by atoms with Crippen LogP contribution in [0.15, 0.2) is 60.7 Å². The topological polar surface area (TPSA) is 84.5 Å². The number of anilines is 1. The van der Waals surface area contributed by atoms with Gasteiger partial charge in [0.1, 0.15) is 0 Å². The van der Waals surface area contributed by atoms with Crippen LogP contribution in [0, 0.1) is 13.8 Å². The normalized spacial score (nSPS) is 10.4. The molecule has 0 aliphatic carbocycles. The van der Waals surface area contributed by atoms with Crippen molar-refractivity contribution in [3.8, 4) is 0 Å². The zero-order valence-corrected chi connectivity index (χ0v) is 16.3. The number of esters is 1. The Balaban J connectivity index is 1.49. The lowest BCUT2D eigenvalue weighted by atomic mass is 10.0. The largest absolute Gasteiger partial charge is 0.455 e. The van der Waals surface area contributed by atoms with Crippen LogP contribution in [-0.4, -0.2) is 24.5 Å². The van der Waals surface area contributed by atoms with Crippen molar-refractivity contribution in [2.45, 2.75) is 20.3 Å². The summed E-state index contributed by atoms with van der Waals surface area (Å²) in [5.41, 5.74) is 3.38. The Kier molecular flexibility index (Phi) is 6.24. The first kappa shape index (κ1) is 20.1. The number of aryl methyl sites for hydroxylation is 2. The van der Waals surface area contributed by atoms with Crippen LogP contribution >= 0.6 is 0 Å². The van der Waals surface area contributed by atoms with Gasteiger partial charge in [0.2, 0.25) is 0 Å². The molecular formula is C23H22N2O4. The van der Waals surface area contributed by atoms with Crippen molar-refractivity contribution < 1.29 is 19.1 Å². The molecule has 0 aromatic heterocycles.